The van der Waals surface area contributed by atoms with Crippen LogP contribution in [0.3, 0.4) is 0 Å². The third-order valence-corrected chi connectivity index (χ3v) is 4.68. The van der Waals surface area contributed by atoms with Crippen LogP contribution in [0.5, 0.6) is 11.5 Å². The Labute approximate surface area is 178 Å². The summed E-state index contributed by atoms with van der Waals surface area (Å²) in [5, 5.41) is 4.04. The lowest BCUT2D eigenvalue weighted by Crippen LogP contribution is -2.19. The first-order valence-electron chi connectivity index (χ1n) is 9.06. The summed E-state index contributed by atoms with van der Waals surface area (Å²) in [5.41, 5.74) is 5.30. The Morgan fingerprint density at radius 3 is 2.34 bits per heavy atom. The average Bonchev–Trinajstić information content (AvgIpc) is 2.74. The Morgan fingerprint density at radius 1 is 1.03 bits per heavy atom. The van der Waals surface area contributed by atoms with Crippen LogP contribution in [-0.4, -0.2) is 19.2 Å². The van der Waals surface area contributed by atoms with Crippen molar-refractivity contribution in [2.75, 3.05) is 7.11 Å². The number of ether oxygens (including phenoxy) is 2. The SMILES string of the molecule is COc1cc(/C=N/NC(=O)Cc2ccccc2)cc(Br)c1OCc1ccccc1. The molecule has 6 heteroatoms. The minimum Gasteiger partial charge on any atom is -0.493 e. The fourth-order valence-electron chi connectivity index (χ4n) is 2.68. The number of hydrogen-bond acceptors (Lipinski definition) is 4. The second-order valence-electron chi connectivity index (χ2n) is 6.26. The second kappa shape index (κ2) is 10.4. The molecule has 0 radical (unpaired) electrons. The van der Waals surface area contributed by atoms with Crippen molar-refractivity contribution >= 4 is 28.1 Å². The van der Waals surface area contributed by atoms with Crippen LogP contribution in [-0.2, 0) is 17.8 Å². The van der Waals surface area contributed by atoms with Crippen LogP contribution in [0.15, 0.2) is 82.4 Å². The molecule has 0 atom stereocenters. The first-order chi connectivity index (χ1) is 14.2. The predicted octanol–water partition coefficient (Wildman–Crippen LogP) is 4.73. The molecule has 3 aromatic rings. The Bertz CT molecular complexity index is 976. The summed E-state index contributed by atoms with van der Waals surface area (Å²) in [7, 11) is 1.58. The highest BCUT2D eigenvalue weighted by Crippen LogP contribution is 2.36. The Kier molecular flexibility index (Phi) is 7.41. The molecule has 1 N–H and O–H groups in total. The summed E-state index contributed by atoms with van der Waals surface area (Å²) in [6, 6.07) is 23.1. The fourth-order valence-corrected chi connectivity index (χ4v) is 3.26. The van der Waals surface area contributed by atoms with Crippen LogP contribution in [0, 0.1) is 0 Å². The first-order valence-corrected chi connectivity index (χ1v) is 9.85. The lowest BCUT2D eigenvalue weighted by Gasteiger charge is -2.13. The zero-order chi connectivity index (χ0) is 20.5. The number of carbonyl (C=O) groups excluding carboxylic acids is 1. The van der Waals surface area contributed by atoms with Crippen molar-refractivity contribution in [3.8, 4) is 11.5 Å². The van der Waals surface area contributed by atoms with E-state index in [-0.39, 0.29) is 12.3 Å². The number of benzene rings is 3. The second-order valence-corrected chi connectivity index (χ2v) is 7.12. The van der Waals surface area contributed by atoms with Crippen molar-refractivity contribution in [3.05, 3.63) is 94.0 Å². The number of amides is 1. The maximum Gasteiger partial charge on any atom is 0.244 e. The summed E-state index contributed by atoms with van der Waals surface area (Å²) < 4.78 is 12.1. The topological polar surface area (TPSA) is 59.9 Å². The number of hydrazone groups is 1. The molecule has 0 saturated heterocycles. The lowest BCUT2D eigenvalue weighted by molar-refractivity contribution is -0.120. The van der Waals surface area contributed by atoms with E-state index in [1.54, 1.807) is 19.4 Å². The number of nitrogens with zero attached hydrogens (tertiary/aromatic N) is 1. The molecule has 0 saturated carbocycles. The maximum absolute atomic E-state index is 12.0. The van der Waals surface area contributed by atoms with Gasteiger partial charge in [-0.3, -0.25) is 4.79 Å². The molecular formula is C23H21BrN2O3. The molecule has 3 aromatic carbocycles. The Morgan fingerprint density at radius 2 is 1.69 bits per heavy atom. The van der Waals surface area contributed by atoms with Crippen molar-refractivity contribution in [3.63, 3.8) is 0 Å². The van der Waals surface area contributed by atoms with E-state index in [1.807, 2.05) is 66.7 Å². The lowest BCUT2D eigenvalue weighted by atomic mass is 10.1. The van der Waals surface area contributed by atoms with Crippen LogP contribution < -0.4 is 14.9 Å². The number of hydrogen-bond donors (Lipinski definition) is 1. The molecule has 5 nitrogen and oxygen atoms in total. The zero-order valence-electron chi connectivity index (χ0n) is 16.0. The van der Waals surface area contributed by atoms with E-state index >= 15 is 0 Å². The summed E-state index contributed by atoms with van der Waals surface area (Å²) in [5.74, 6) is 1.01. The minimum absolute atomic E-state index is 0.179. The number of nitrogens with one attached hydrogen (secondary N) is 1. The zero-order valence-corrected chi connectivity index (χ0v) is 17.6. The van der Waals surface area contributed by atoms with Gasteiger partial charge in [0.1, 0.15) is 6.61 Å². The van der Waals surface area contributed by atoms with Gasteiger partial charge in [-0.25, -0.2) is 5.43 Å². The van der Waals surface area contributed by atoms with E-state index in [4.69, 9.17) is 9.47 Å². The van der Waals surface area contributed by atoms with Gasteiger partial charge in [0.15, 0.2) is 11.5 Å². The van der Waals surface area contributed by atoms with Crippen molar-refractivity contribution < 1.29 is 14.3 Å². The quantitative estimate of drug-likeness (QED) is 0.396. The summed E-state index contributed by atoms with van der Waals surface area (Å²) in [4.78, 5) is 12.0. The largest absolute Gasteiger partial charge is 0.493 e. The normalized spacial score (nSPS) is 10.7. The van der Waals surface area contributed by atoms with Gasteiger partial charge in [-0.05, 0) is 44.8 Å². The van der Waals surface area contributed by atoms with Crippen LogP contribution in [0.4, 0.5) is 0 Å². The van der Waals surface area contributed by atoms with Gasteiger partial charge in [0.2, 0.25) is 5.91 Å². The number of methoxy groups -OCH3 is 1. The van der Waals surface area contributed by atoms with Crippen molar-refractivity contribution in [1.29, 1.82) is 0 Å². The molecule has 3 rings (SSSR count). The standard InChI is InChI=1S/C23H21BrN2O3/c1-28-21-13-19(15-25-26-22(27)14-17-8-4-2-5-9-17)12-20(24)23(21)29-16-18-10-6-3-7-11-18/h2-13,15H,14,16H2,1H3,(H,26,27)/b25-15+. The molecule has 0 spiro atoms. The van der Waals surface area contributed by atoms with Crippen molar-refractivity contribution in [2.24, 2.45) is 5.10 Å². The van der Waals surface area contributed by atoms with E-state index in [2.05, 4.69) is 26.5 Å². The van der Waals surface area contributed by atoms with Crippen molar-refractivity contribution in [2.45, 2.75) is 13.0 Å². The van der Waals surface area contributed by atoms with Crippen LogP contribution in [0.2, 0.25) is 0 Å². The van der Waals surface area contributed by atoms with Gasteiger partial charge in [-0.2, -0.15) is 5.10 Å². The highest BCUT2D eigenvalue weighted by molar-refractivity contribution is 9.10. The van der Waals surface area contributed by atoms with E-state index in [0.29, 0.717) is 18.1 Å². The van der Waals surface area contributed by atoms with Gasteiger partial charge in [-0.15, -0.1) is 0 Å². The molecule has 29 heavy (non-hydrogen) atoms. The molecule has 0 fully saturated rings. The molecular weight excluding hydrogens is 432 g/mol. The minimum atomic E-state index is -0.179. The third kappa shape index (κ3) is 6.19. The van der Waals surface area contributed by atoms with E-state index in [9.17, 15) is 4.79 Å². The first kappa shape index (κ1) is 20.6. The summed E-state index contributed by atoms with van der Waals surface area (Å²) in [6.07, 6.45) is 1.84. The predicted molar refractivity (Wildman–Crippen MR) is 117 cm³/mol. The molecule has 0 aliphatic carbocycles. The third-order valence-electron chi connectivity index (χ3n) is 4.09. The highest BCUT2D eigenvalue weighted by Gasteiger charge is 2.11. The average molecular weight is 453 g/mol. The fraction of sp³-hybridized carbons (Fsp3) is 0.130. The van der Waals surface area contributed by atoms with Gasteiger partial charge in [-0.1, -0.05) is 60.7 Å². The van der Waals surface area contributed by atoms with Gasteiger partial charge < -0.3 is 9.47 Å². The molecule has 0 heterocycles. The molecule has 0 bridgehead atoms. The molecule has 0 aromatic heterocycles. The van der Waals surface area contributed by atoms with E-state index in [0.717, 1.165) is 21.2 Å². The number of rotatable bonds is 8. The summed E-state index contributed by atoms with van der Waals surface area (Å²) in [6.45, 7) is 0.429. The van der Waals surface area contributed by atoms with Gasteiger partial charge in [0, 0.05) is 0 Å². The molecule has 1 amide bonds. The molecule has 0 aliphatic rings. The Balaban J connectivity index is 1.63. The Hall–Kier alpha value is -3.12. The molecule has 148 valence electrons. The van der Waals surface area contributed by atoms with Crippen LogP contribution in [0.1, 0.15) is 16.7 Å². The number of halogens is 1. The van der Waals surface area contributed by atoms with E-state index in [1.165, 1.54) is 0 Å². The van der Waals surface area contributed by atoms with Gasteiger partial charge in [0.25, 0.3) is 0 Å². The monoisotopic (exact) mass is 452 g/mol. The molecule has 0 unspecified atom stereocenters. The van der Waals surface area contributed by atoms with Gasteiger partial charge in [0.05, 0.1) is 24.2 Å². The van der Waals surface area contributed by atoms with Gasteiger partial charge >= 0.3 is 0 Å². The maximum atomic E-state index is 12.0. The van der Waals surface area contributed by atoms with Crippen LogP contribution >= 0.6 is 15.9 Å². The number of carbonyl (C=O) groups is 1. The van der Waals surface area contributed by atoms with E-state index < -0.39 is 0 Å². The highest BCUT2D eigenvalue weighted by atomic mass is 79.9. The smallest absolute Gasteiger partial charge is 0.244 e. The van der Waals surface area contributed by atoms with Crippen LogP contribution in [0.25, 0.3) is 0 Å². The summed E-state index contributed by atoms with van der Waals surface area (Å²) >= 11 is 3.52. The van der Waals surface area contributed by atoms with Crippen molar-refractivity contribution in [1.82, 2.24) is 5.43 Å². The molecule has 0 aliphatic heterocycles.